The quantitative estimate of drug-likeness (QED) is 0.795. The highest BCUT2D eigenvalue weighted by Crippen LogP contribution is 2.55. The van der Waals surface area contributed by atoms with Gasteiger partial charge in [0.2, 0.25) is 0 Å². The summed E-state index contributed by atoms with van der Waals surface area (Å²) >= 11 is 0. The molecule has 3 heteroatoms. The summed E-state index contributed by atoms with van der Waals surface area (Å²) in [5, 5.41) is 12.0. The lowest BCUT2D eigenvalue weighted by Crippen LogP contribution is -2.41. The molecule has 1 aromatic carbocycles. The first kappa shape index (κ1) is 16.6. The van der Waals surface area contributed by atoms with Gasteiger partial charge in [-0.2, -0.15) is 0 Å². The first-order valence-electron chi connectivity index (χ1n) is 7.88. The Kier molecular flexibility index (Phi) is 4.37. The number of nitrogens with one attached hydrogen (secondary N) is 1. The fourth-order valence-corrected chi connectivity index (χ4v) is 3.58. The van der Waals surface area contributed by atoms with Gasteiger partial charge < -0.3 is 10.4 Å². The zero-order valence-electron chi connectivity index (χ0n) is 14.1. The zero-order chi connectivity index (χ0) is 16.5. The molecule has 0 radical (unpaired) electrons. The van der Waals surface area contributed by atoms with E-state index < -0.39 is 6.09 Å². The number of benzene rings is 1. The maximum atomic E-state index is 11.2. The number of allylic oxidation sites excluding steroid dienone is 1. The zero-order valence-corrected chi connectivity index (χ0v) is 14.1. The average molecular weight is 301 g/mol. The Balaban J connectivity index is 2.27. The molecule has 0 heterocycles. The predicted octanol–water partition coefficient (Wildman–Crippen LogP) is 4.34. The van der Waals surface area contributed by atoms with Crippen molar-refractivity contribution < 1.29 is 9.90 Å². The summed E-state index contributed by atoms with van der Waals surface area (Å²) in [5.41, 5.74) is 3.48. The molecule has 0 bridgehead atoms. The number of hydrogen-bond acceptors (Lipinski definition) is 1. The Bertz CT molecular complexity index is 586. The fourth-order valence-electron chi connectivity index (χ4n) is 3.58. The Hall–Kier alpha value is -1.77. The number of carbonyl (C=O) groups is 1. The van der Waals surface area contributed by atoms with E-state index in [4.69, 9.17) is 0 Å². The molecule has 120 valence electrons. The van der Waals surface area contributed by atoms with Crippen LogP contribution < -0.4 is 5.32 Å². The minimum atomic E-state index is -0.924. The fraction of sp³-hybridized carbons (Fsp3) is 0.526. The van der Waals surface area contributed by atoms with Gasteiger partial charge in [-0.3, -0.25) is 0 Å². The second-order valence-electron chi connectivity index (χ2n) is 7.64. The molecule has 1 fully saturated rings. The first-order chi connectivity index (χ1) is 10.2. The molecule has 1 aromatic rings. The smallest absolute Gasteiger partial charge is 0.405 e. The Morgan fingerprint density at radius 1 is 1.50 bits per heavy atom. The van der Waals surface area contributed by atoms with E-state index in [2.05, 4.69) is 57.8 Å². The molecule has 1 aliphatic rings. The standard InChI is InChI=1S/C19H27NO2/c1-6-7-14-9-8-13(2)15(10-14)11-19(20-17(21)22)12-16(19)18(3,4)5/h6,8-10,16,20H,1,7,11-12H2,2-5H3,(H,21,22). The first-order valence-corrected chi connectivity index (χ1v) is 7.88. The van der Waals surface area contributed by atoms with Crippen LogP contribution in [0.3, 0.4) is 0 Å². The topological polar surface area (TPSA) is 49.3 Å². The SMILES string of the molecule is C=CCc1ccc(C)c(CC2(NC(=O)O)CC2C(C)(C)C)c1. The lowest BCUT2D eigenvalue weighted by Gasteiger charge is -2.26. The molecule has 2 N–H and O–H groups in total. The lowest BCUT2D eigenvalue weighted by atomic mass is 9.85. The second kappa shape index (κ2) is 5.79. The number of carboxylic acid groups (broad SMARTS) is 1. The maximum absolute atomic E-state index is 11.2. The summed E-state index contributed by atoms with van der Waals surface area (Å²) in [6.45, 7) is 12.4. The summed E-state index contributed by atoms with van der Waals surface area (Å²) in [4.78, 5) is 11.2. The highest BCUT2D eigenvalue weighted by atomic mass is 16.4. The van der Waals surface area contributed by atoms with E-state index in [1.807, 2.05) is 6.08 Å². The highest BCUT2D eigenvalue weighted by molar-refractivity contribution is 5.67. The van der Waals surface area contributed by atoms with Crippen molar-refractivity contribution in [3.63, 3.8) is 0 Å². The van der Waals surface area contributed by atoms with E-state index in [9.17, 15) is 9.90 Å². The molecule has 22 heavy (non-hydrogen) atoms. The Labute approximate surface area is 133 Å². The minimum absolute atomic E-state index is 0.106. The number of rotatable bonds is 5. The summed E-state index contributed by atoms with van der Waals surface area (Å²) in [7, 11) is 0. The third-order valence-corrected chi connectivity index (χ3v) is 4.78. The van der Waals surface area contributed by atoms with E-state index in [1.165, 1.54) is 16.7 Å². The van der Waals surface area contributed by atoms with Crippen LogP contribution in [0.1, 0.15) is 43.9 Å². The van der Waals surface area contributed by atoms with Crippen LogP contribution in [0.4, 0.5) is 4.79 Å². The van der Waals surface area contributed by atoms with Crippen LogP contribution in [-0.4, -0.2) is 16.7 Å². The van der Waals surface area contributed by atoms with Crippen molar-refractivity contribution in [2.45, 2.75) is 52.5 Å². The minimum Gasteiger partial charge on any atom is -0.465 e. The number of aryl methyl sites for hydroxylation is 1. The van der Waals surface area contributed by atoms with E-state index in [1.54, 1.807) is 0 Å². The maximum Gasteiger partial charge on any atom is 0.405 e. The second-order valence-corrected chi connectivity index (χ2v) is 7.64. The number of hydrogen-bond donors (Lipinski definition) is 2. The van der Waals surface area contributed by atoms with Gasteiger partial charge in [0.15, 0.2) is 0 Å². The van der Waals surface area contributed by atoms with Crippen molar-refractivity contribution in [2.24, 2.45) is 11.3 Å². The van der Waals surface area contributed by atoms with Crippen molar-refractivity contribution >= 4 is 6.09 Å². The van der Waals surface area contributed by atoms with Gasteiger partial charge in [0.05, 0.1) is 5.54 Å². The van der Waals surface area contributed by atoms with Crippen LogP contribution in [0.15, 0.2) is 30.9 Å². The van der Waals surface area contributed by atoms with E-state index in [-0.39, 0.29) is 11.0 Å². The van der Waals surface area contributed by atoms with Crippen LogP contribution in [0.5, 0.6) is 0 Å². The predicted molar refractivity (Wildman–Crippen MR) is 90.2 cm³/mol. The van der Waals surface area contributed by atoms with Gasteiger partial charge in [0.25, 0.3) is 0 Å². The van der Waals surface area contributed by atoms with E-state index in [0.717, 1.165) is 19.3 Å². The van der Waals surface area contributed by atoms with Gasteiger partial charge in [-0.05, 0) is 54.2 Å². The van der Waals surface area contributed by atoms with Gasteiger partial charge in [-0.15, -0.1) is 6.58 Å². The van der Waals surface area contributed by atoms with Crippen molar-refractivity contribution in [1.29, 1.82) is 0 Å². The van der Waals surface area contributed by atoms with Crippen LogP contribution >= 0.6 is 0 Å². The van der Waals surface area contributed by atoms with Crippen molar-refractivity contribution in [1.82, 2.24) is 5.32 Å². The van der Waals surface area contributed by atoms with Crippen molar-refractivity contribution in [2.75, 3.05) is 0 Å². The molecule has 2 unspecified atom stereocenters. The van der Waals surface area contributed by atoms with Crippen LogP contribution in [-0.2, 0) is 12.8 Å². The molecule has 3 nitrogen and oxygen atoms in total. The van der Waals surface area contributed by atoms with E-state index in [0.29, 0.717) is 5.92 Å². The van der Waals surface area contributed by atoms with E-state index >= 15 is 0 Å². The van der Waals surface area contributed by atoms with Crippen molar-refractivity contribution in [3.8, 4) is 0 Å². The lowest BCUT2D eigenvalue weighted by molar-refractivity contribution is 0.182. The van der Waals surface area contributed by atoms with Crippen LogP contribution in [0.2, 0.25) is 0 Å². The van der Waals surface area contributed by atoms with Crippen molar-refractivity contribution in [3.05, 3.63) is 47.5 Å². The molecule has 0 saturated heterocycles. The molecule has 1 amide bonds. The molecule has 0 spiro atoms. The third-order valence-electron chi connectivity index (χ3n) is 4.78. The van der Waals surface area contributed by atoms with Gasteiger partial charge in [-0.1, -0.05) is 45.0 Å². The molecule has 1 saturated carbocycles. The van der Waals surface area contributed by atoms with Crippen LogP contribution in [0, 0.1) is 18.3 Å². The Morgan fingerprint density at radius 3 is 2.68 bits per heavy atom. The normalized spacial score (nSPS) is 23.9. The summed E-state index contributed by atoms with van der Waals surface area (Å²) in [6.07, 6.45) is 3.49. The third kappa shape index (κ3) is 3.52. The molecule has 1 aliphatic carbocycles. The molecular weight excluding hydrogens is 274 g/mol. The molecular formula is C19H27NO2. The van der Waals surface area contributed by atoms with Gasteiger partial charge in [0.1, 0.15) is 0 Å². The highest BCUT2D eigenvalue weighted by Gasteiger charge is 2.59. The largest absolute Gasteiger partial charge is 0.465 e. The molecule has 2 rings (SSSR count). The molecule has 0 aliphatic heterocycles. The van der Waals surface area contributed by atoms with Crippen LogP contribution in [0.25, 0.3) is 0 Å². The Morgan fingerprint density at radius 2 is 2.18 bits per heavy atom. The molecule has 0 aromatic heterocycles. The van der Waals surface area contributed by atoms with Gasteiger partial charge in [0, 0.05) is 0 Å². The number of amides is 1. The summed E-state index contributed by atoms with van der Waals surface area (Å²) in [5.74, 6) is 0.374. The van der Waals surface area contributed by atoms with Gasteiger partial charge in [-0.25, -0.2) is 4.79 Å². The summed E-state index contributed by atoms with van der Waals surface area (Å²) in [6, 6.07) is 6.43. The summed E-state index contributed by atoms with van der Waals surface area (Å²) < 4.78 is 0. The average Bonchev–Trinajstić information content (AvgIpc) is 3.07. The monoisotopic (exact) mass is 301 g/mol. The van der Waals surface area contributed by atoms with Gasteiger partial charge >= 0.3 is 6.09 Å². The molecule has 2 atom stereocenters.